The predicted molar refractivity (Wildman–Crippen MR) is 120 cm³/mol. The fourth-order valence-electron chi connectivity index (χ4n) is 3.37. The highest BCUT2D eigenvalue weighted by Crippen LogP contribution is 2.37. The first kappa shape index (κ1) is 21.9. The van der Waals surface area contributed by atoms with Crippen molar-refractivity contribution in [3.05, 3.63) is 72.0 Å². The standard InChI is InChI=1S/C24H23N3O6/c1-30-19-5-3-4-16(24(19)31-2)12-21-23(29)18-7-6-17(13-20(18)33-21)32-14-22(28)26-9-11-27-10-8-25-15-27/h3-8,10,12-13,15H,9,11,14H2,1-2H3,(H,26,28). The van der Waals surface area contributed by atoms with Gasteiger partial charge in [0.2, 0.25) is 5.78 Å². The average molecular weight is 449 g/mol. The van der Waals surface area contributed by atoms with E-state index in [0.29, 0.717) is 47.2 Å². The Morgan fingerprint density at radius 3 is 2.85 bits per heavy atom. The molecule has 0 radical (unpaired) electrons. The number of hydrogen-bond donors (Lipinski definition) is 1. The van der Waals surface area contributed by atoms with Crippen LogP contribution in [-0.4, -0.2) is 48.6 Å². The zero-order valence-electron chi connectivity index (χ0n) is 18.2. The number of ether oxygens (including phenoxy) is 4. The van der Waals surface area contributed by atoms with Gasteiger partial charge in [-0.05, 0) is 24.3 Å². The van der Waals surface area contributed by atoms with Crippen LogP contribution in [-0.2, 0) is 11.3 Å². The molecule has 0 spiro atoms. The van der Waals surface area contributed by atoms with E-state index in [4.69, 9.17) is 18.9 Å². The lowest BCUT2D eigenvalue weighted by atomic mass is 10.1. The first-order valence-electron chi connectivity index (χ1n) is 10.2. The topological polar surface area (TPSA) is 101 Å². The van der Waals surface area contributed by atoms with Gasteiger partial charge in [-0.15, -0.1) is 0 Å². The van der Waals surface area contributed by atoms with E-state index < -0.39 is 0 Å². The van der Waals surface area contributed by atoms with Crippen molar-refractivity contribution < 1.29 is 28.5 Å². The van der Waals surface area contributed by atoms with Crippen molar-refractivity contribution in [1.29, 1.82) is 0 Å². The molecule has 170 valence electrons. The summed E-state index contributed by atoms with van der Waals surface area (Å²) in [6.45, 7) is 0.927. The Labute approximate surface area is 190 Å². The summed E-state index contributed by atoms with van der Waals surface area (Å²) in [5.41, 5.74) is 1.07. The Morgan fingerprint density at radius 2 is 2.09 bits per heavy atom. The molecule has 0 aliphatic carbocycles. The van der Waals surface area contributed by atoms with Crippen molar-refractivity contribution in [2.75, 3.05) is 27.4 Å². The number of amides is 1. The minimum atomic E-state index is -0.252. The summed E-state index contributed by atoms with van der Waals surface area (Å²) in [5.74, 6) is 1.50. The molecule has 0 saturated heterocycles. The lowest BCUT2D eigenvalue weighted by Gasteiger charge is -2.10. The van der Waals surface area contributed by atoms with Gasteiger partial charge < -0.3 is 28.8 Å². The second kappa shape index (κ2) is 9.90. The normalized spacial score (nSPS) is 13.4. The Hall–Kier alpha value is -4.27. The minimum absolute atomic E-state index is 0.152. The number of ketones is 1. The number of Topliss-reactive ketones (excluding diaryl/α,β-unsaturated/α-hetero) is 1. The number of carbonyl (C=O) groups excluding carboxylic acids is 2. The first-order chi connectivity index (χ1) is 16.1. The number of imidazole rings is 1. The lowest BCUT2D eigenvalue weighted by Crippen LogP contribution is -2.31. The monoisotopic (exact) mass is 449 g/mol. The first-order valence-corrected chi connectivity index (χ1v) is 10.2. The van der Waals surface area contributed by atoms with Crippen LogP contribution in [0.15, 0.2) is 60.9 Å². The molecule has 3 aromatic rings. The molecule has 0 saturated carbocycles. The summed E-state index contributed by atoms with van der Waals surface area (Å²) in [7, 11) is 3.08. The van der Waals surface area contributed by atoms with Crippen LogP contribution in [0.2, 0.25) is 0 Å². The highest BCUT2D eigenvalue weighted by molar-refractivity contribution is 6.14. The molecule has 0 atom stereocenters. The molecule has 0 unspecified atom stereocenters. The molecule has 1 aliphatic rings. The van der Waals surface area contributed by atoms with Gasteiger partial charge in [-0.2, -0.15) is 0 Å². The highest BCUT2D eigenvalue weighted by atomic mass is 16.5. The zero-order valence-corrected chi connectivity index (χ0v) is 18.2. The third-order valence-corrected chi connectivity index (χ3v) is 4.98. The molecule has 1 aliphatic heterocycles. The molecular weight excluding hydrogens is 426 g/mol. The maximum absolute atomic E-state index is 12.8. The van der Waals surface area contributed by atoms with Crippen molar-refractivity contribution in [3.63, 3.8) is 0 Å². The van der Waals surface area contributed by atoms with Crippen LogP contribution in [0.3, 0.4) is 0 Å². The number of aromatic nitrogens is 2. The minimum Gasteiger partial charge on any atom is -0.493 e. The fraction of sp³-hybridized carbons (Fsp3) is 0.208. The van der Waals surface area contributed by atoms with Crippen molar-refractivity contribution in [2.24, 2.45) is 0 Å². The van der Waals surface area contributed by atoms with E-state index in [1.807, 2.05) is 10.8 Å². The van der Waals surface area contributed by atoms with Crippen LogP contribution in [0.25, 0.3) is 6.08 Å². The van der Waals surface area contributed by atoms with E-state index in [-0.39, 0.29) is 24.1 Å². The largest absolute Gasteiger partial charge is 0.493 e. The predicted octanol–water partition coefficient (Wildman–Crippen LogP) is 2.71. The van der Waals surface area contributed by atoms with Gasteiger partial charge in [-0.25, -0.2) is 4.98 Å². The maximum atomic E-state index is 12.8. The van der Waals surface area contributed by atoms with Gasteiger partial charge in [0.05, 0.1) is 26.1 Å². The lowest BCUT2D eigenvalue weighted by molar-refractivity contribution is -0.123. The van der Waals surface area contributed by atoms with E-state index in [9.17, 15) is 9.59 Å². The number of fused-ring (bicyclic) bond motifs is 1. The highest BCUT2D eigenvalue weighted by Gasteiger charge is 2.28. The molecule has 9 heteroatoms. The van der Waals surface area contributed by atoms with Crippen molar-refractivity contribution >= 4 is 17.8 Å². The number of nitrogens with zero attached hydrogens (tertiary/aromatic N) is 2. The third kappa shape index (κ3) is 4.98. The van der Waals surface area contributed by atoms with Gasteiger partial charge in [0, 0.05) is 37.1 Å². The van der Waals surface area contributed by atoms with E-state index in [1.54, 1.807) is 62.1 Å². The summed E-state index contributed by atoms with van der Waals surface area (Å²) in [6.07, 6.45) is 6.79. The molecule has 1 aromatic heterocycles. The smallest absolute Gasteiger partial charge is 0.258 e. The second-order valence-electron chi connectivity index (χ2n) is 7.12. The second-order valence-corrected chi connectivity index (χ2v) is 7.12. The van der Waals surface area contributed by atoms with Crippen molar-refractivity contribution in [3.8, 4) is 23.0 Å². The zero-order chi connectivity index (χ0) is 23.2. The summed E-state index contributed by atoms with van der Waals surface area (Å²) in [6, 6.07) is 10.2. The number of methoxy groups -OCH3 is 2. The van der Waals surface area contributed by atoms with Crippen LogP contribution < -0.4 is 24.3 Å². The summed E-state index contributed by atoms with van der Waals surface area (Å²) in [4.78, 5) is 28.7. The SMILES string of the molecule is COc1cccc(C=C2Oc3cc(OCC(=O)NCCn4ccnc4)ccc3C2=O)c1OC. The Kier molecular flexibility index (Phi) is 6.58. The van der Waals surface area contributed by atoms with Gasteiger partial charge in [-0.1, -0.05) is 12.1 Å². The number of nitrogens with one attached hydrogen (secondary N) is 1. The fourth-order valence-corrected chi connectivity index (χ4v) is 3.37. The number of para-hydroxylation sites is 1. The Morgan fingerprint density at radius 1 is 1.21 bits per heavy atom. The van der Waals surface area contributed by atoms with Crippen molar-refractivity contribution in [2.45, 2.75) is 6.54 Å². The van der Waals surface area contributed by atoms with Crippen LogP contribution in [0, 0.1) is 0 Å². The molecule has 2 aromatic carbocycles. The number of allylic oxidation sites excluding steroid dienone is 1. The van der Waals surface area contributed by atoms with Gasteiger partial charge >= 0.3 is 0 Å². The van der Waals surface area contributed by atoms with E-state index >= 15 is 0 Å². The van der Waals surface area contributed by atoms with Crippen LogP contribution >= 0.6 is 0 Å². The molecule has 1 N–H and O–H groups in total. The summed E-state index contributed by atoms with van der Waals surface area (Å²) >= 11 is 0. The summed E-state index contributed by atoms with van der Waals surface area (Å²) in [5, 5.41) is 2.78. The molecular formula is C24H23N3O6. The van der Waals surface area contributed by atoms with Crippen LogP contribution in [0.5, 0.6) is 23.0 Å². The van der Waals surface area contributed by atoms with E-state index in [0.717, 1.165) is 0 Å². The molecule has 33 heavy (non-hydrogen) atoms. The Bertz CT molecular complexity index is 1190. The van der Waals surface area contributed by atoms with Gasteiger partial charge in [0.15, 0.2) is 23.9 Å². The van der Waals surface area contributed by atoms with Gasteiger partial charge in [0.1, 0.15) is 11.5 Å². The molecule has 4 rings (SSSR count). The van der Waals surface area contributed by atoms with Gasteiger partial charge in [-0.3, -0.25) is 9.59 Å². The number of hydrogen-bond acceptors (Lipinski definition) is 7. The van der Waals surface area contributed by atoms with Gasteiger partial charge in [0.25, 0.3) is 5.91 Å². The molecule has 2 heterocycles. The van der Waals surface area contributed by atoms with Crippen LogP contribution in [0.1, 0.15) is 15.9 Å². The number of benzene rings is 2. The number of rotatable bonds is 9. The van der Waals surface area contributed by atoms with Crippen LogP contribution in [0.4, 0.5) is 0 Å². The average Bonchev–Trinajstić information content (AvgIpc) is 3.45. The third-order valence-electron chi connectivity index (χ3n) is 4.98. The quantitative estimate of drug-likeness (QED) is 0.501. The number of carbonyl (C=O) groups is 2. The molecule has 9 nitrogen and oxygen atoms in total. The molecule has 0 bridgehead atoms. The van der Waals surface area contributed by atoms with Crippen molar-refractivity contribution in [1.82, 2.24) is 14.9 Å². The maximum Gasteiger partial charge on any atom is 0.258 e. The Balaban J connectivity index is 1.39. The summed E-state index contributed by atoms with van der Waals surface area (Å²) < 4.78 is 23.9. The van der Waals surface area contributed by atoms with E-state index in [2.05, 4.69) is 10.3 Å². The molecule has 0 fully saturated rings. The molecule has 1 amide bonds. The van der Waals surface area contributed by atoms with E-state index in [1.165, 1.54) is 7.11 Å².